The van der Waals surface area contributed by atoms with E-state index in [1.807, 2.05) is 60.7 Å². The van der Waals surface area contributed by atoms with Gasteiger partial charge in [0.1, 0.15) is 5.82 Å². The average Bonchev–Trinajstić information content (AvgIpc) is 3.47. The number of carbonyl (C=O) groups excluding carboxylic acids is 1. The van der Waals surface area contributed by atoms with Gasteiger partial charge >= 0.3 is 0 Å². The molecule has 0 aliphatic heterocycles. The van der Waals surface area contributed by atoms with Gasteiger partial charge < -0.3 is 20.1 Å². The lowest BCUT2D eigenvalue weighted by molar-refractivity contribution is -0.0922. The number of carbonyl (C=O) groups is 1. The van der Waals surface area contributed by atoms with E-state index in [4.69, 9.17) is 16.3 Å². The Morgan fingerprint density at radius 2 is 1.73 bits per heavy atom. The number of aliphatic hydroxyl groups is 3. The van der Waals surface area contributed by atoms with Crippen molar-refractivity contribution in [1.29, 1.82) is 0 Å². The Labute approximate surface area is 353 Å². The van der Waals surface area contributed by atoms with Crippen molar-refractivity contribution in [2.45, 2.75) is 102 Å². The van der Waals surface area contributed by atoms with Gasteiger partial charge in [0.15, 0.2) is 5.78 Å². The third kappa shape index (κ3) is 10.1. The van der Waals surface area contributed by atoms with Gasteiger partial charge in [-0.05, 0) is 109 Å². The van der Waals surface area contributed by atoms with Gasteiger partial charge in [0.2, 0.25) is 0 Å². The number of nitrogens with zero attached hydrogens (tertiary/aromatic N) is 1. The summed E-state index contributed by atoms with van der Waals surface area (Å²) in [6, 6.07) is 34.8. The first-order valence-electron chi connectivity index (χ1n) is 21.1. The Morgan fingerprint density at radius 1 is 0.966 bits per heavy atom. The molecule has 0 saturated heterocycles. The fourth-order valence-corrected chi connectivity index (χ4v) is 9.89. The summed E-state index contributed by atoms with van der Waals surface area (Å²) >= 11 is 6.44. The standard InChI is InChI=1S/C51H57ClFNO5/c1-35-11-10-25-50(2)46(43-23-21-37(27-40(55)22-20-35)28-44(43)49(57)29-45-47(52)18-9-19-48(45)53)24-26-51(50,58)34-54(30-39-16-8-15-38-14-6-7-17-42(38)39)31-41(56)33-59-32-36-12-4-3-5-13-36/h3-9,11-19,21,23,28,40-41,46,55-56,58H,10,20,22,24-27,29-34H2,1-2H3/t40-,41+,46-,50-,51+/m0/s1. The van der Waals surface area contributed by atoms with E-state index in [-0.39, 0.29) is 41.9 Å². The molecule has 8 rings (SSSR count). The number of halogens is 2. The van der Waals surface area contributed by atoms with Gasteiger partial charge in [0, 0.05) is 47.6 Å². The van der Waals surface area contributed by atoms with Crippen LogP contribution in [0.25, 0.3) is 10.8 Å². The fourth-order valence-electron chi connectivity index (χ4n) is 9.66. The second-order valence-electron chi connectivity index (χ2n) is 17.2. The number of allylic oxidation sites excluding steroid dienone is 2. The van der Waals surface area contributed by atoms with E-state index in [0.29, 0.717) is 63.8 Å². The Balaban J connectivity index is 1.24. The van der Waals surface area contributed by atoms with Crippen LogP contribution in [0.4, 0.5) is 4.39 Å². The van der Waals surface area contributed by atoms with Crippen molar-refractivity contribution < 1.29 is 29.2 Å². The lowest BCUT2D eigenvalue weighted by atomic mass is 9.64. The van der Waals surface area contributed by atoms with Crippen LogP contribution in [0, 0.1) is 11.2 Å². The largest absolute Gasteiger partial charge is 0.393 e. The smallest absolute Gasteiger partial charge is 0.167 e. The van der Waals surface area contributed by atoms with Crippen molar-refractivity contribution in [3.05, 3.63) is 165 Å². The van der Waals surface area contributed by atoms with E-state index in [2.05, 4.69) is 55.2 Å². The fraction of sp³-hybridized carbons (Fsp3) is 0.392. The van der Waals surface area contributed by atoms with Crippen molar-refractivity contribution >= 4 is 28.2 Å². The van der Waals surface area contributed by atoms with Crippen LogP contribution in [-0.4, -0.2) is 63.5 Å². The first-order chi connectivity index (χ1) is 28.4. The number of fused-ring (bicyclic) bond motifs is 9. The van der Waals surface area contributed by atoms with E-state index >= 15 is 4.39 Å². The molecule has 5 atom stereocenters. The Hall–Kier alpha value is -4.21. The predicted molar refractivity (Wildman–Crippen MR) is 234 cm³/mol. The summed E-state index contributed by atoms with van der Waals surface area (Å²) < 4.78 is 21.1. The Morgan fingerprint density at radius 3 is 2.54 bits per heavy atom. The summed E-state index contributed by atoms with van der Waals surface area (Å²) in [5, 5.41) is 38.3. The first-order valence-corrected chi connectivity index (χ1v) is 21.4. The lowest BCUT2D eigenvalue weighted by Gasteiger charge is -2.46. The molecular weight excluding hydrogens is 761 g/mol. The highest BCUT2D eigenvalue weighted by molar-refractivity contribution is 6.31. The van der Waals surface area contributed by atoms with Crippen molar-refractivity contribution in [3.63, 3.8) is 0 Å². The maximum absolute atomic E-state index is 15.1. The molecule has 0 amide bonds. The highest BCUT2D eigenvalue weighted by Gasteiger charge is 2.57. The third-order valence-electron chi connectivity index (χ3n) is 13.0. The molecule has 0 heterocycles. The molecule has 5 aromatic rings. The molecule has 3 aliphatic rings. The van der Waals surface area contributed by atoms with E-state index in [0.717, 1.165) is 39.4 Å². The highest BCUT2D eigenvalue weighted by Crippen LogP contribution is 2.59. The average molecular weight is 818 g/mol. The minimum Gasteiger partial charge on any atom is -0.393 e. The topological polar surface area (TPSA) is 90.2 Å². The van der Waals surface area contributed by atoms with Crippen molar-refractivity contribution in [3.8, 4) is 0 Å². The highest BCUT2D eigenvalue weighted by atomic mass is 35.5. The quantitative estimate of drug-likeness (QED) is 0.0810. The molecule has 310 valence electrons. The number of hydrogen-bond donors (Lipinski definition) is 3. The lowest BCUT2D eigenvalue weighted by Crippen LogP contribution is -2.53. The number of hydrogen-bond acceptors (Lipinski definition) is 6. The molecule has 2 bridgehead atoms. The van der Waals surface area contributed by atoms with Crippen LogP contribution in [0.2, 0.25) is 5.02 Å². The number of aliphatic hydroxyl groups excluding tert-OH is 2. The Kier molecular flexibility index (Phi) is 13.8. The van der Waals surface area contributed by atoms with E-state index in [1.165, 1.54) is 17.7 Å². The molecule has 3 N–H and O–H groups in total. The molecule has 1 fully saturated rings. The van der Waals surface area contributed by atoms with Crippen LogP contribution < -0.4 is 0 Å². The molecule has 3 aliphatic carbocycles. The molecule has 5 aromatic carbocycles. The molecule has 0 unspecified atom stereocenters. The maximum Gasteiger partial charge on any atom is 0.167 e. The zero-order valence-corrected chi connectivity index (χ0v) is 35.0. The molecule has 1 saturated carbocycles. The van der Waals surface area contributed by atoms with Gasteiger partial charge in [-0.2, -0.15) is 0 Å². The number of ketones is 1. The number of benzene rings is 5. The molecule has 0 spiro atoms. The van der Waals surface area contributed by atoms with E-state index in [9.17, 15) is 20.1 Å². The summed E-state index contributed by atoms with van der Waals surface area (Å²) in [4.78, 5) is 16.6. The summed E-state index contributed by atoms with van der Waals surface area (Å²) in [5.41, 5.74) is 3.72. The minimum atomic E-state index is -1.21. The second kappa shape index (κ2) is 19.0. The number of ether oxygens (including phenoxy) is 1. The maximum atomic E-state index is 15.1. The van der Waals surface area contributed by atoms with Crippen LogP contribution in [0.15, 0.2) is 121 Å². The summed E-state index contributed by atoms with van der Waals surface area (Å²) in [6.07, 6.45) is 4.82. The van der Waals surface area contributed by atoms with Crippen molar-refractivity contribution in [2.75, 3.05) is 19.7 Å². The minimum absolute atomic E-state index is 0.141. The van der Waals surface area contributed by atoms with Crippen LogP contribution in [0.3, 0.4) is 0 Å². The number of rotatable bonds is 13. The van der Waals surface area contributed by atoms with Gasteiger partial charge in [-0.25, -0.2) is 4.39 Å². The van der Waals surface area contributed by atoms with Gasteiger partial charge in [0.25, 0.3) is 0 Å². The van der Waals surface area contributed by atoms with Gasteiger partial charge in [-0.15, -0.1) is 0 Å². The molecule has 0 aromatic heterocycles. The normalized spacial score (nSPS) is 22.9. The van der Waals surface area contributed by atoms with Crippen LogP contribution in [0.1, 0.15) is 96.5 Å². The molecular formula is C51H57ClFNO5. The SMILES string of the molecule is CC1=CCC[C@@]2(C)[C@@H](CC[C@@]2(O)CN(Cc2cccc3ccccc23)C[C@@H](O)COCc2ccccc2)c2ccc(cc2C(=O)Cc2c(F)cccc2Cl)C[C@@H](O)CC1. The van der Waals surface area contributed by atoms with Crippen LogP contribution in [0.5, 0.6) is 0 Å². The number of Topliss-reactive ketones (excluding diaryl/α,β-unsaturated/α-hetero) is 1. The van der Waals surface area contributed by atoms with Gasteiger partial charge in [-0.1, -0.05) is 121 Å². The Bertz CT molecular complexity index is 2240. The zero-order chi connectivity index (χ0) is 41.6. The molecule has 0 radical (unpaired) electrons. The van der Waals surface area contributed by atoms with Crippen molar-refractivity contribution in [1.82, 2.24) is 4.90 Å². The first kappa shape index (κ1) is 42.9. The van der Waals surface area contributed by atoms with Gasteiger partial charge in [-0.3, -0.25) is 9.69 Å². The van der Waals surface area contributed by atoms with Crippen molar-refractivity contribution in [2.24, 2.45) is 5.41 Å². The molecule has 8 heteroatoms. The second-order valence-corrected chi connectivity index (χ2v) is 17.6. The predicted octanol–water partition coefficient (Wildman–Crippen LogP) is 10.2. The summed E-state index contributed by atoms with van der Waals surface area (Å²) in [7, 11) is 0. The molecule has 6 nitrogen and oxygen atoms in total. The third-order valence-corrected chi connectivity index (χ3v) is 13.4. The van der Waals surface area contributed by atoms with E-state index < -0.39 is 29.0 Å². The molecule has 59 heavy (non-hydrogen) atoms. The van der Waals surface area contributed by atoms with Crippen LogP contribution in [-0.2, 0) is 30.7 Å². The summed E-state index contributed by atoms with van der Waals surface area (Å²) in [5.74, 6) is -0.987. The van der Waals surface area contributed by atoms with Gasteiger partial charge in [0.05, 0.1) is 31.0 Å². The zero-order valence-electron chi connectivity index (χ0n) is 34.3. The van der Waals surface area contributed by atoms with Crippen LogP contribution >= 0.6 is 11.6 Å². The summed E-state index contributed by atoms with van der Waals surface area (Å²) in [6.45, 7) is 5.87. The monoisotopic (exact) mass is 817 g/mol. The van der Waals surface area contributed by atoms with E-state index in [1.54, 1.807) is 6.07 Å².